The molecule has 0 amide bonds. The molecule has 1 aromatic heterocycles. The second kappa shape index (κ2) is 6.29. The lowest BCUT2D eigenvalue weighted by molar-refractivity contribution is -0.384. The summed E-state index contributed by atoms with van der Waals surface area (Å²) in [5.74, 6) is 0. The lowest BCUT2D eigenvalue weighted by Gasteiger charge is -1.85. The first-order chi connectivity index (χ1) is 7.70. The van der Waals surface area contributed by atoms with Gasteiger partial charge in [0.25, 0.3) is 5.69 Å². The topological polar surface area (TPSA) is 56.0 Å². The molecule has 2 aromatic rings. The normalized spacial score (nSPS) is 8.81. The van der Waals surface area contributed by atoms with E-state index in [1.54, 1.807) is 30.6 Å². The van der Waals surface area contributed by atoms with Crippen LogP contribution in [-0.2, 0) is 0 Å². The fourth-order valence-corrected chi connectivity index (χ4v) is 0.976. The van der Waals surface area contributed by atoms with Gasteiger partial charge in [0, 0.05) is 24.5 Å². The summed E-state index contributed by atoms with van der Waals surface area (Å²) in [6, 6.07) is 11.9. The van der Waals surface area contributed by atoms with Crippen LogP contribution < -0.4 is 0 Å². The van der Waals surface area contributed by atoms with Crippen molar-refractivity contribution in [2.45, 2.75) is 6.92 Å². The molecule has 0 saturated carbocycles. The van der Waals surface area contributed by atoms with Crippen LogP contribution >= 0.6 is 0 Å². The zero-order valence-electron chi connectivity index (χ0n) is 8.91. The van der Waals surface area contributed by atoms with Gasteiger partial charge in [0.15, 0.2) is 0 Å². The number of pyridine rings is 1. The summed E-state index contributed by atoms with van der Waals surface area (Å²) in [6.45, 7) is 2.04. The number of hydrogen-bond donors (Lipinski definition) is 0. The Labute approximate surface area is 93.7 Å². The maximum absolute atomic E-state index is 10.0. The number of nitro groups is 1. The minimum absolute atomic E-state index is 0.137. The Morgan fingerprint density at radius 2 is 1.62 bits per heavy atom. The number of aryl methyl sites for hydroxylation is 1. The van der Waals surface area contributed by atoms with Gasteiger partial charge in [-0.1, -0.05) is 18.2 Å². The molecular weight excluding hydrogens is 204 g/mol. The molecule has 1 aromatic carbocycles. The highest BCUT2D eigenvalue weighted by atomic mass is 16.6. The third kappa shape index (κ3) is 4.32. The summed E-state index contributed by atoms with van der Waals surface area (Å²) >= 11 is 0. The van der Waals surface area contributed by atoms with Crippen LogP contribution in [0.2, 0.25) is 0 Å². The predicted octanol–water partition coefficient (Wildman–Crippen LogP) is 2.98. The van der Waals surface area contributed by atoms with Gasteiger partial charge in [-0.15, -0.1) is 0 Å². The summed E-state index contributed by atoms with van der Waals surface area (Å²) < 4.78 is 0. The van der Waals surface area contributed by atoms with Crippen molar-refractivity contribution in [3.63, 3.8) is 0 Å². The van der Waals surface area contributed by atoms with E-state index in [-0.39, 0.29) is 5.69 Å². The van der Waals surface area contributed by atoms with Crippen LogP contribution in [0.5, 0.6) is 0 Å². The van der Waals surface area contributed by atoms with E-state index in [0.717, 1.165) is 0 Å². The molecule has 0 saturated heterocycles. The Balaban J connectivity index is 0.000000165. The van der Waals surface area contributed by atoms with Crippen LogP contribution in [0.25, 0.3) is 0 Å². The van der Waals surface area contributed by atoms with Crippen molar-refractivity contribution in [3.05, 3.63) is 70.5 Å². The lowest BCUT2D eigenvalue weighted by atomic mass is 10.3. The van der Waals surface area contributed by atoms with E-state index in [2.05, 4.69) is 4.98 Å². The molecule has 4 heteroatoms. The van der Waals surface area contributed by atoms with Gasteiger partial charge in [0.05, 0.1) is 4.92 Å². The molecule has 0 unspecified atom stereocenters. The Kier molecular flexibility index (Phi) is 4.66. The smallest absolute Gasteiger partial charge is 0.265 e. The molecule has 0 N–H and O–H groups in total. The van der Waals surface area contributed by atoms with Crippen LogP contribution in [0.3, 0.4) is 0 Å². The Hall–Kier alpha value is -2.23. The zero-order valence-corrected chi connectivity index (χ0v) is 8.91. The average Bonchev–Trinajstić information content (AvgIpc) is 2.32. The van der Waals surface area contributed by atoms with Crippen molar-refractivity contribution in [2.75, 3.05) is 0 Å². The van der Waals surface area contributed by atoms with Gasteiger partial charge in [-0.05, 0) is 24.6 Å². The van der Waals surface area contributed by atoms with Crippen molar-refractivity contribution >= 4 is 5.69 Å². The van der Waals surface area contributed by atoms with E-state index in [0.29, 0.717) is 0 Å². The maximum Gasteiger partial charge on any atom is 0.269 e. The molecule has 0 spiro atoms. The summed E-state index contributed by atoms with van der Waals surface area (Å²) in [6.07, 6.45) is 3.57. The minimum atomic E-state index is -0.417. The first-order valence-corrected chi connectivity index (χ1v) is 4.76. The van der Waals surface area contributed by atoms with E-state index in [4.69, 9.17) is 0 Å². The standard InChI is InChI=1S/C6H5NO2.C6H7N/c8-7(9)6-4-2-1-3-5-6;1-6-2-4-7-5-3-6/h1-5H;2-5H,1H3. The molecule has 0 aliphatic rings. The van der Waals surface area contributed by atoms with Crippen molar-refractivity contribution in [1.29, 1.82) is 0 Å². The number of hydrogen-bond acceptors (Lipinski definition) is 3. The van der Waals surface area contributed by atoms with E-state index >= 15 is 0 Å². The van der Waals surface area contributed by atoms with Gasteiger partial charge in [-0.25, -0.2) is 0 Å². The highest BCUT2D eigenvalue weighted by Gasteiger charge is 1.98. The molecule has 82 valence electrons. The molecule has 16 heavy (non-hydrogen) atoms. The lowest BCUT2D eigenvalue weighted by Crippen LogP contribution is -1.84. The summed E-state index contributed by atoms with van der Waals surface area (Å²) in [5.41, 5.74) is 1.40. The van der Waals surface area contributed by atoms with Gasteiger partial charge in [0.2, 0.25) is 0 Å². The molecule has 0 bridgehead atoms. The predicted molar refractivity (Wildman–Crippen MR) is 62.1 cm³/mol. The highest BCUT2D eigenvalue weighted by Crippen LogP contribution is 2.06. The first kappa shape index (κ1) is 11.8. The quantitative estimate of drug-likeness (QED) is 0.544. The van der Waals surface area contributed by atoms with Crippen molar-refractivity contribution in [3.8, 4) is 0 Å². The SMILES string of the molecule is Cc1ccncc1.O=[N+]([O-])c1ccccc1. The van der Waals surface area contributed by atoms with Crippen LogP contribution in [0, 0.1) is 17.0 Å². The summed E-state index contributed by atoms with van der Waals surface area (Å²) in [7, 11) is 0. The van der Waals surface area contributed by atoms with Crippen molar-refractivity contribution < 1.29 is 4.92 Å². The molecule has 0 radical (unpaired) electrons. The van der Waals surface area contributed by atoms with Gasteiger partial charge in [-0.3, -0.25) is 15.1 Å². The fourth-order valence-electron chi connectivity index (χ4n) is 0.976. The Morgan fingerprint density at radius 3 is 1.94 bits per heavy atom. The number of para-hydroxylation sites is 1. The molecule has 0 fully saturated rings. The largest absolute Gasteiger partial charge is 0.269 e. The number of nitro benzene ring substituents is 1. The minimum Gasteiger partial charge on any atom is -0.265 e. The molecule has 2 rings (SSSR count). The average molecular weight is 216 g/mol. The molecule has 0 atom stereocenters. The van der Waals surface area contributed by atoms with Gasteiger partial charge < -0.3 is 0 Å². The van der Waals surface area contributed by atoms with E-state index < -0.39 is 4.92 Å². The number of rotatable bonds is 1. The van der Waals surface area contributed by atoms with Crippen LogP contribution in [0.15, 0.2) is 54.9 Å². The molecule has 0 aliphatic carbocycles. The third-order valence-corrected chi connectivity index (χ3v) is 1.81. The number of nitrogens with zero attached hydrogens (tertiary/aromatic N) is 2. The van der Waals surface area contributed by atoms with Crippen molar-refractivity contribution in [1.82, 2.24) is 4.98 Å². The zero-order chi connectivity index (χ0) is 11.8. The molecule has 1 heterocycles. The van der Waals surface area contributed by atoms with Crippen molar-refractivity contribution in [2.24, 2.45) is 0 Å². The molecule has 4 nitrogen and oxygen atoms in total. The Morgan fingerprint density at radius 1 is 1.06 bits per heavy atom. The summed E-state index contributed by atoms with van der Waals surface area (Å²) in [4.78, 5) is 13.4. The van der Waals surface area contributed by atoms with E-state index in [9.17, 15) is 10.1 Å². The Bertz CT molecular complexity index is 429. The number of non-ortho nitro benzene ring substituents is 1. The molecular formula is C12H12N2O2. The monoisotopic (exact) mass is 216 g/mol. The van der Waals surface area contributed by atoms with Crippen LogP contribution in [-0.4, -0.2) is 9.91 Å². The number of aromatic nitrogens is 1. The second-order valence-electron chi connectivity index (χ2n) is 3.12. The highest BCUT2D eigenvalue weighted by molar-refractivity contribution is 5.27. The summed E-state index contributed by atoms with van der Waals surface area (Å²) in [5, 5.41) is 10.0. The van der Waals surface area contributed by atoms with Gasteiger partial charge >= 0.3 is 0 Å². The molecule has 0 aliphatic heterocycles. The van der Waals surface area contributed by atoms with Gasteiger partial charge in [-0.2, -0.15) is 0 Å². The van der Waals surface area contributed by atoms with Gasteiger partial charge in [0.1, 0.15) is 0 Å². The van der Waals surface area contributed by atoms with Crippen LogP contribution in [0.1, 0.15) is 5.56 Å². The van der Waals surface area contributed by atoms with E-state index in [1.165, 1.54) is 17.7 Å². The number of benzene rings is 1. The first-order valence-electron chi connectivity index (χ1n) is 4.76. The fraction of sp³-hybridized carbons (Fsp3) is 0.0833. The third-order valence-electron chi connectivity index (χ3n) is 1.81. The van der Waals surface area contributed by atoms with E-state index in [1.807, 2.05) is 19.1 Å². The maximum atomic E-state index is 10.0. The van der Waals surface area contributed by atoms with Crippen LogP contribution in [0.4, 0.5) is 5.69 Å². The second-order valence-corrected chi connectivity index (χ2v) is 3.12.